The Hall–Kier alpha value is -1.77. The molecule has 1 aromatic heterocycles. The van der Waals surface area contributed by atoms with Crippen LogP contribution in [0.1, 0.15) is 43.5 Å². The SMILES string of the molecule is CC(C)C1CCCN(C(=O)c2ccc3[nH]ccc3c2)CC1. The zero-order chi connectivity index (χ0) is 14.8. The van der Waals surface area contributed by atoms with Crippen LogP contribution in [-0.2, 0) is 0 Å². The maximum absolute atomic E-state index is 12.7. The molecule has 3 nitrogen and oxygen atoms in total. The Bertz CT molecular complexity index is 629. The summed E-state index contributed by atoms with van der Waals surface area (Å²) in [6, 6.07) is 7.95. The van der Waals surface area contributed by atoms with E-state index >= 15 is 0 Å². The first-order valence-corrected chi connectivity index (χ1v) is 8.01. The fourth-order valence-corrected chi connectivity index (χ4v) is 3.36. The van der Waals surface area contributed by atoms with Gasteiger partial charge in [-0.3, -0.25) is 4.79 Å². The van der Waals surface area contributed by atoms with Crippen molar-refractivity contribution >= 4 is 16.8 Å². The summed E-state index contributed by atoms with van der Waals surface area (Å²) in [5.41, 5.74) is 1.90. The molecule has 21 heavy (non-hydrogen) atoms. The Morgan fingerprint density at radius 3 is 2.90 bits per heavy atom. The number of rotatable bonds is 2. The zero-order valence-corrected chi connectivity index (χ0v) is 12.9. The molecular formula is C18H24N2O. The summed E-state index contributed by atoms with van der Waals surface area (Å²) in [5, 5.41) is 1.11. The van der Waals surface area contributed by atoms with Gasteiger partial charge in [-0.05, 0) is 55.4 Å². The Labute approximate surface area is 126 Å². The predicted octanol–water partition coefficient (Wildman–Crippen LogP) is 4.07. The number of aromatic amines is 1. The maximum atomic E-state index is 12.7. The minimum absolute atomic E-state index is 0.183. The molecule has 112 valence electrons. The van der Waals surface area contributed by atoms with Crippen LogP contribution in [0.15, 0.2) is 30.5 Å². The molecule has 1 unspecified atom stereocenters. The standard InChI is InChI=1S/C18H24N2O/c1-13(2)14-4-3-10-20(11-8-14)18(21)16-5-6-17-15(12-16)7-9-19-17/h5-7,9,12-14,19H,3-4,8,10-11H2,1-2H3. The van der Waals surface area contributed by atoms with Crippen LogP contribution in [0.25, 0.3) is 10.9 Å². The van der Waals surface area contributed by atoms with Crippen LogP contribution < -0.4 is 0 Å². The van der Waals surface area contributed by atoms with Crippen LogP contribution in [0.3, 0.4) is 0 Å². The minimum Gasteiger partial charge on any atom is -0.361 e. The molecule has 0 saturated carbocycles. The van der Waals surface area contributed by atoms with E-state index in [9.17, 15) is 4.79 Å². The molecule has 1 saturated heterocycles. The van der Waals surface area contributed by atoms with Crippen molar-refractivity contribution in [3.8, 4) is 0 Å². The van der Waals surface area contributed by atoms with Gasteiger partial charge in [0, 0.05) is 35.8 Å². The van der Waals surface area contributed by atoms with Gasteiger partial charge in [-0.2, -0.15) is 0 Å². The van der Waals surface area contributed by atoms with E-state index in [0.29, 0.717) is 0 Å². The van der Waals surface area contributed by atoms with Crippen molar-refractivity contribution in [1.29, 1.82) is 0 Å². The number of H-pyrrole nitrogens is 1. The molecular weight excluding hydrogens is 260 g/mol. The summed E-state index contributed by atoms with van der Waals surface area (Å²) < 4.78 is 0. The average Bonchev–Trinajstić information content (AvgIpc) is 2.80. The Morgan fingerprint density at radius 2 is 2.10 bits per heavy atom. The highest BCUT2D eigenvalue weighted by Crippen LogP contribution is 2.25. The number of amides is 1. The third-order valence-corrected chi connectivity index (χ3v) is 4.80. The van der Waals surface area contributed by atoms with Crippen molar-refractivity contribution in [3.63, 3.8) is 0 Å². The molecule has 2 heterocycles. The van der Waals surface area contributed by atoms with Crippen LogP contribution in [0, 0.1) is 11.8 Å². The van der Waals surface area contributed by atoms with Crippen LogP contribution in [0.5, 0.6) is 0 Å². The molecule has 0 aliphatic carbocycles. The smallest absolute Gasteiger partial charge is 0.253 e. The third-order valence-electron chi connectivity index (χ3n) is 4.80. The first-order chi connectivity index (χ1) is 10.1. The highest BCUT2D eigenvalue weighted by molar-refractivity contribution is 5.98. The monoisotopic (exact) mass is 284 g/mol. The number of hydrogen-bond acceptors (Lipinski definition) is 1. The molecule has 1 aromatic carbocycles. The number of nitrogens with one attached hydrogen (secondary N) is 1. The van der Waals surface area contributed by atoms with Crippen LogP contribution in [0.4, 0.5) is 0 Å². The summed E-state index contributed by atoms with van der Waals surface area (Å²) in [6.45, 7) is 6.38. The van der Waals surface area contributed by atoms with Crippen molar-refractivity contribution in [3.05, 3.63) is 36.0 Å². The zero-order valence-electron chi connectivity index (χ0n) is 12.9. The first kappa shape index (κ1) is 14.2. The minimum atomic E-state index is 0.183. The summed E-state index contributed by atoms with van der Waals surface area (Å²) >= 11 is 0. The van der Waals surface area contributed by atoms with Crippen LogP contribution >= 0.6 is 0 Å². The van der Waals surface area contributed by atoms with E-state index in [0.717, 1.165) is 54.2 Å². The van der Waals surface area contributed by atoms with E-state index in [1.807, 2.05) is 35.4 Å². The summed E-state index contributed by atoms with van der Waals surface area (Å²) in [7, 11) is 0. The lowest BCUT2D eigenvalue weighted by molar-refractivity contribution is 0.0759. The molecule has 1 fully saturated rings. The molecule has 3 heteroatoms. The Kier molecular flexibility index (Phi) is 4.00. The summed E-state index contributed by atoms with van der Waals surface area (Å²) in [6.07, 6.45) is 5.42. The fraction of sp³-hybridized carbons (Fsp3) is 0.500. The van der Waals surface area contributed by atoms with E-state index in [-0.39, 0.29) is 5.91 Å². The van der Waals surface area contributed by atoms with Crippen molar-refractivity contribution in [2.45, 2.75) is 33.1 Å². The number of likely N-dealkylation sites (tertiary alicyclic amines) is 1. The second-order valence-corrected chi connectivity index (χ2v) is 6.51. The molecule has 0 bridgehead atoms. The van der Waals surface area contributed by atoms with E-state index < -0.39 is 0 Å². The lowest BCUT2D eigenvalue weighted by Crippen LogP contribution is -2.32. The molecule has 1 amide bonds. The Balaban J connectivity index is 1.75. The molecule has 3 rings (SSSR count). The van der Waals surface area contributed by atoms with Gasteiger partial charge < -0.3 is 9.88 Å². The van der Waals surface area contributed by atoms with Gasteiger partial charge in [-0.25, -0.2) is 0 Å². The van der Waals surface area contributed by atoms with Crippen molar-refractivity contribution in [2.75, 3.05) is 13.1 Å². The van der Waals surface area contributed by atoms with Gasteiger partial charge in [0.05, 0.1) is 0 Å². The number of hydrogen-bond donors (Lipinski definition) is 1. The van der Waals surface area contributed by atoms with Crippen molar-refractivity contribution < 1.29 is 4.79 Å². The number of nitrogens with zero attached hydrogens (tertiary/aromatic N) is 1. The highest BCUT2D eigenvalue weighted by atomic mass is 16.2. The van der Waals surface area contributed by atoms with Gasteiger partial charge in [0.2, 0.25) is 0 Å². The number of carbonyl (C=O) groups excluding carboxylic acids is 1. The molecule has 1 N–H and O–H groups in total. The molecule has 1 aliphatic rings. The van der Waals surface area contributed by atoms with E-state index in [1.165, 1.54) is 6.42 Å². The van der Waals surface area contributed by atoms with Gasteiger partial charge in [0.1, 0.15) is 0 Å². The number of fused-ring (bicyclic) bond motifs is 1. The molecule has 1 aliphatic heterocycles. The second-order valence-electron chi connectivity index (χ2n) is 6.51. The van der Waals surface area contributed by atoms with Crippen LogP contribution in [0.2, 0.25) is 0 Å². The van der Waals surface area contributed by atoms with E-state index in [1.54, 1.807) is 0 Å². The average molecular weight is 284 g/mol. The molecule has 0 radical (unpaired) electrons. The topological polar surface area (TPSA) is 36.1 Å². The lowest BCUT2D eigenvalue weighted by Gasteiger charge is -2.21. The second kappa shape index (κ2) is 5.92. The van der Waals surface area contributed by atoms with Crippen LogP contribution in [-0.4, -0.2) is 28.9 Å². The number of benzene rings is 1. The third kappa shape index (κ3) is 2.97. The summed E-state index contributed by atoms with van der Waals surface area (Å²) in [4.78, 5) is 17.9. The van der Waals surface area contributed by atoms with Gasteiger partial charge in [0.25, 0.3) is 5.91 Å². The molecule has 0 spiro atoms. The van der Waals surface area contributed by atoms with Gasteiger partial charge in [-0.15, -0.1) is 0 Å². The maximum Gasteiger partial charge on any atom is 0.253 e. The van der Waals surface area contributed by atoms with Gasteiger partial charge in [-0.1, -0.05) is 13.8 Å². The van der Waals surface area contributed by atoms with Crippen molar-refractivity contribution in [2.24, 2.45) is 11.8 Å². The van der Waals surface area contributed by atoms with E-state index in [4.69, 9.17) is 0 Å². The fourth-order valence-electron chi connectivity index (χ4n) is 3.36. The lowest BCUT2D eigenvalue weighted by atomic mass is 9.89. The van der Waals surface area contributed by atoms with Gasteiger partial charge >= 0.3 is 0 Å². The predicted molar refractivity (Wildman–Crippen MR) is 86.4 cm³/mol. The number of carbonyl (C=O) groups is 1. The quantitative estimate of drug-likeness (QED) is 0.886. The van der Waals surface area contributed by atoms with Gasteiger partial charge in [0.15, 0.2) is 0 Å². The molecule has 2 aromatic rings. The van der Waals surface area contributed by atoms with Crippen molar-refractivity contribution in [1.82, 2.24) is 9.88 Å². The Morgan fingerprint density at radius 1 is 1.24 bits per heavy atom. The van der Waals surface area contributed by atoms with E-state index in [2.05, 4.69) is 18.8 Å². The first-order valence-electron chi connectivity index (χ1n) is 8.01. The summed E-state index contributed by atoms with van der Waals surface area (Å²) in [5.74, 6) is 1.66. The highest BCUT2D eigenvalue weighted by Gasteiger charge is 2.23. The number of aromatic nitrogens is 1. The normalized spacial score (nSPS) is 20.0. The largest absolute Gasteiger partial charge is 0.361 e. The molecule has 1 atom stereocenters.